The Bertz CT molecular complexity index is 546. The minimum Gasteiger partial charge on any atom is -0.473 e. The molecule has 0 saturated heterocycles. The molecule has 0 bridgehead atoms. The van der Waals surface area contributed by atoms with E-state index in [2.05, 4.69) is 15.3 Å². The molecule has 0 amide bonds. The molecule has 2 aromatic rings. The number of halogens is 1. The van der Waals surface area contributed by atoms with Gasteiger partial charge in [0.1, 0.15) is 12.4 Å². The molecule has 0 saturated carbocycles. The van der Waals surface area contributed by atoms with Gasteiger partial charge in [-0.15, -0.1) is 0 Å². The van der Waals surface area contributed by atoms with Crippen LogP contribution in [0.1, 0.15) is 11.3 Å². The lowest BCUT2D eigenvalue weighted by Gasteiger charge is -2.08. The average Bonchev–Trinajstić information content (AvgIpc) is 2.37. The van der Waals surface area contributed by atoms with Crippen molar-refractivity contribution in [1.82, 2.24) is 9.97 Å². The molecule has 1 heterocycles. The van der Waals surface area contributed by atoms with E-state index in [-0.39, 0.29) is 12.4 Å². The van der Waals surface area contributed by atoms with Gasteiger partial charge in [-0.3, -0.25) is 0 Å². The van der Waals surface area contributed by atoms with E-state index in [1.165, 1.54) is 6.07 Å². The maximum atomic E-state index is 13.4. The highest BCUT2D eigenvalue weighted by molar-refractivity contribution is 5.29. The van der Waals surface area contributed by atoms with Crippen molar-refractivity contribution in [3.63, 3.8) is 0 Å². The highest BCUT2D eigenvalue weighted by atomic mass is 19.1. The Kier molecular flexibility index (Phi) is 3.72. The van der Waals surface area contributed by atoms with Crippen LogP contribution in [0.4, 0.5) is 10.3 Å². The summed E-state index contributed by atoms with van der Waals surface area (Å²) < 4.78 is 18.9. The molecule has 0 aliphatic rings. The van der Waals surface area contributed by atoms with Gasteiger partial charge in [0.15, 0.2) is 0 Å². The highest BCUT2D eigenvalue weighted by Crippen LogP contribution is 2.14. The van der Waals surface area contributed by atoms with Gasteiger partial charge in [-0.05, 0) is 13.0 Å². The van der Waals surface area contributed by atoms with Crippen molar-refractivity contribution in [3.8, 4) is 5.88 Å². The summed E-state index contributed by atoms with van der Waals surface area (Å²) in [5.74, 6) is 0.630. The molecule has 0 atom stereocenters. The Morgan fingerprint density at radius 1 is 1.28 bits per heavy atom. The predicted molar refractivity (Wildman–Crippen MR) is 67.0 cm³/mol. The van der Waals surface area contributed by atoms with E-state index < -0.39 is 0 Å². The maximum Gasteiger partial charge on any atom is 0.225 e. The number of benzene rings is 1. The lowest BCUT2D eigenvalue weighted by atomic mass is 10.2. The summed E-state index contributed by atoms with van der Waals surface area (Å²) in [5.41, 5.74) is 1.29. The summed E-state index contributed by atoms with van der Waals surface area (Å²) in [5, 5.41) is 2.84. The zero-order valence-electron chi connectivity index (χ0n) is 10.3. The quantitative estimate of drug-likeness (QED) is 0.902. The van der Waals surface area contributed by atoms with Gasteiger partial charge in [0.05, 0.1) is 0 Å². The van der Waals surface area contributed by atoms with Gasteiger partial charge >= 0.3 is 0 Å². The Balaban J connectivity index is 2.11. The lowest BCUT2D eigenvalue weighted by molar-refractivity contribution is 0.287. The molecule has 0 aliphatic heterocycles. The van der Waals surface area contributed by atoms with Crippen LogP contribution in [0, 0.1) is 12.7 Å². The minimum absolute atomic E-state index is 0.145. The molecular weight excluding hydrogens is 233 g/mol. The summed E-state index contributed by atoms with van der Waals surface area (Å²) in [6, 6.07) is 8.21. The first-order chi connectivity index (χ1) is 8.69. The van der Waals surface area contributed by atoms with Crippen molar-refractivity contribution in [2.45, 2.75) is 13.5 Å². The largest absolute Gasteiger partial charge is 0.473 e. The van der Waals surface area contributed by atoms with Crippen molar-refractivity contribution < 1.29 is 9.13 Å². The van der Waals surface area contributed by atoms with E-state index in [9.17, 15) is 4.39 Å². The zero-order valence-corrected chi connectivity index (χ0v) is 10.3. The molecule has 1 N–H and O–H groups in total. The molecular formula is C13H14FN3O. The highest BCUT2D eigenvalue weighted by Gasteiger charge is 2.04. The molecule has 5 heteroatoms. The van der Waals surface area contributed by atoms with Crippen LogP contribution in [-0.2, 0) is 6.61 Å². The molecule has 0 spiro atoms. The molecule has 18 heavy (non-hydrogen) atoms. The van der Waals surface area contributed by atoms with E-state index in [4.69, 9.17) is 4.74 Å². The molecule has 0 fully saturated rings. The summed E-state index contributed by atoms with van der Waals surface area (Å²) >= 11 is 0. The monoisotopic (exact) mass is 247 g/mol. The number of rotatable bonds is 4. The third kappa shape index (κ3) is 2.94. The van der Waals surface area contributed by atoms with Gasteiger partial charge in [0.2, 0.25) is 11.8 Å². The standard InChI is InChI=1S/C13H14FN3O/c1-9-7-12(17-13(15-2)16-9)18-8-10-5-3-4-6-11(10)14/h3-7H,8H2,1-2H3,(H,15,16,17). The first-order valence-corrected chi connectivity index (χ1v) is 5.58. The zero-order chi connectivity index (χ0) is 13.0. The van der Waals surface area contributed by atoms with Gasteiger partial charge in [-0.1, -0.05) is 18.2 Å². The van der Waals surface area contributed by atoms with Crippen molar-refractivity contribution in [2.75, 3.05) is 12.4 Å². The molecule has 0 radical (unpaired) electrons. The topological polar surface area (TPSA) is 47.0 Å². The SMILES string of the molecule is CNc1nc(C)cc(OCc2ccccc2F)n1. The number of anilines is 1. The van der Waals surface area contributed by atoms with Crippen LogP contribution >= 0.6 is 0 Å². The van der Waals surface area contributed by atoms with Gasteiger partial charge in [-0.2, -0.15) is 4.98 Å². The smallest absolute Gasteiger partial charge is 0.225 e. The predicted octanol–water partition coefficient (Wildman–Crippen LogP) is 2.54. The third-order valence-corrected chi connectivity index (χ3v) is 2.39. The van der Waals surface area contributed by atoms with Crippen molar-refractivity contribution in [1.29, 1.82) is 0 Å². The lowest BCUT2D eigenvalue weighted by Crippen LogP contribution is -2.03. The number of nitrogens with one attached hydrogen (secondary N) is 1. The van der Waals surface area contributed by atoms with Crippen LogP contribution in [0.15, 0.2) is 30.3 Å². The molecule has 2 rings (SSSR count). The normalized spacial score (nSPS) is 10.2. The van der Waals surface area contributed by atoms with Crippen molar-refractivity contribution >= 4 is 5.95 Å². The molecule has 0 unspecified atom stereocenters. The fourth-order valence-corrected chi connectivity index (χ4v) is 1.49. The Hall–Kier alpha value is -2.17. The van der Waals surface area contributed by atoms with E-state index >= 15 is 0 Å². The number of hydrogen-bond donors (Lipinski definition) is 1. The van der Waals surface area contributed by atoms with E-state index in [0.717, 1.165) is 5.69 Å². The van der Waals surface area contributed by atoms with Crippen LogP contribution in [0.5, 0.6) is 5.88 Å². The van der Waals surface area contributed by atoms with Crippen LogP contribution in [-0.4, -0.2) is 17.0 Å². The number of aryl methyl sites for hydroxylation is 1. The fraction of sp³-hybridized carbons (Fsp3) is 0.231. The average molecular weight is 247 g/mol. The third-order valence-electron chi connectivity index (χ3n) is 2.39. The fourth-order valence-electron chi connectivity index (χ4n) is 1.49. The van der Waals surface area contributed by atoms with Crippen LogP contribution in [0.2, 0.25) is 0 Å². The summed E-state index contributed by atoms with van der Waals surface area (Å²) in [4.78, 5) is 8.28. The minimum atomic E-state index is -0.280. The Labute approximate surface area is 105 Å². The van der Waals surface area contributed by atoms with Crippen LogP contribution in [0.3, 0.4) is 0 Å². The molecule has 94 valence electrons. The van der Waals surface area contributed by atoms with Gasteiger partial charge in [-0.25, -0.2) is 9.37 Å². The molecule has 1 aromatic carbocycles. The first kappa shape index (κ1) is 12.3. The van der Waals surface area contributed by atoms with Crippen molar-refractivity contribution in [3.05, 3.63) is 47.4 Å². The van der Waals surface area contributed by atoms with Gasteiger partial charge < -0.3 is 10.1 Å². The molecule has 1 aromatic heterocycles. The maximum absolute atomic E-state index is 13.4. The number of aromatic nitrogens is 2. The summed E-state index contributed by atoms with van der Waals surface area (Å²) in [6.45, 7) is 1.99. The first-order valence-electron chi connectivity index (χ1n) is 5.58. The Morgan fingerprint density at radius 3 is 2.78 bits per heavy atom. The van der Waals surface area contributed by atoms with Crippen LogP contribution in [0.25, 0.3) is 0 Å². The second-order valence-electron chi connectivity index (χ2n) is 3.80. The second kappa shape index (κ2) is 5.44. The summed E-state index contributed by atoms with van der Waals surface area (Å²) in [6.07, 6.45) is 0. The second-order valence-corrected chi connectivity index (χ2v) is 3.80. The van der Waals surface area contributed by atoms with Crippen molar-refractivity contribution in [2.24, 2.45) is 0 Å². The van der Waals surface area contributed by atoms with E-state index in [1.54, 1.807) is 31.3 Å². The van der Waals surface area contributed by atoms with Crippen LogP contribution < -0.4 is 10.1 Å². The molecule has 0 aliphatic carbocycles. The summed E-state index contributed by atoms with van der Waals surface area (Å²) in [7, 11) is 1.73. The number of nitrogens with zero attached hydrogens (tertiary/aromatic N) is 2. The molecule has 4 nitrogen and oxygen atoms in total. The van der Waals surface area contributed by atoms with Gasteiger partial charge in [0, 0.05) is 24.4 Å². The van der Waals surface area contributed by atoms with Gasteiger partial charge in [0.25, 0.3) is 0 Å². The number of ether oxygens (including phenoxy) is 1. The van der Waals surface area contributed by atoms with E-state index in [1.807, 2.05) is 6.92 Å². The Morgan fingerprint density at radius 2 is 2.06 bits per heavy atom. The number of hydrogen-bond acceptors (Lipinski definition) is 4. The van der Waals surface area contributed by atoms with E-state index in [0.29, 0.717) is 17.4 Å².